The number of nitro benzene ring substituents is 1. The second-order valence-electron chi connectivity index (χ2n) is 5.63. The van der Waals surface area contributed by atoms with Crippen LogP contribution in [-0.2, 0) is 11.3 Å². The molecule has 0 fully saturated rings. The summed E-state index contributed by atoms with van der Waals surface area (Å²) < 4.78 is 5.49. The predicted octanol–water partition coefficient (Wildman–Crippen LogP) is 1.46. The monoisotopic (exact) mass is 318 g/mol. The van der Waals surface area contributed by atoms with Gasteiger partial charge in [-0.2, -0.15) is 0 Å². The van der Waals surface area contributed by atoms with E-state index in [4.69, 9.17) is 4.42 Å². The topological polar surface area (TPSA) is 89.8 Å². The van der Waals surface area contributed by atoms with Crippen molar-refractivity contribution in [2.45, 2.75) is 20.4 Å². The van der Waals surface area contributed by atoms with Crippen LogP contribution in [-0.4, -0.2) is 24.4 Å². The first-order valence-corrected chi connectivity index (χ1v) is 7.26. The van der Waals surface area contributed by atoms with Gasteiger partial charge in [-0.1, -0.05) is 6.07 Å². The Hall–Kier alpha value is -2.67. The number of likely N-dealkylation sites (N-methyl/N-ethyl adjacent to an activating group) is 1. The smallest absolute Gasteiger partial charge is 0.279 e. The predicted molar refractivity (Wildman–Crippen MR) is 85.4 cm³/mol. The summed E-state index contributed by atoms with van der Waals surface area (Å²) in [5.41, 5.74) is 1.20. The van der Waals surface area contributed by atoms with Crippen molar-refractivity contribution in [3.63, 3.8) is 0 Å². The molecule has 1 aromatic carbocycles. The van der Waals surface area contributed by atoms with Crippen LogP contribution in [0, 0.1) is 24.0 Å². The van der Waals surface area contributed by atoms with Gasteiger partial charge in [-0.15, -0.1) is 0 Å². The molecule has 0 aliphatic carbocycles. The Morgan fingerprint density at radius 1 is 1.30 bits per heavy atom. The molecule has 1 aromatic heterocycles. The first kappa shape index (κ1) is 16.7. The minimum atomic E-state index is -0.480. The second kappa shape index (κ2) is 7.06. The Morgan fingerprint density at radius 3 is 2.65 bits per heavy atom. The van der Waals surface area contributed by atoms with E-state index in [1.807, 2.05) is 26.1 Å². The van der Waals surface area contributed by atoms with Crippen LogP contribution < -0.4 is 10.2 Å². The van der Waals surface area contributed by atoms with E-state index in [0.29, 0.717) is 12.2 Å². The lowest BCUT2D eigenvalue weighted by atomic mass is 10.2. The normalized spacial score (nSPS) is 12.0. The molecule has 0 saturated carbocycles. The van der Waals surface area contributed by atoms with Crippen LogP contribution in [0.1, 0.15) is 17.1 Å². The molecule has 122 valence electrons. The molecule has 7 nitrogen and oxygen atoms in total. The molecule has 1 amide bonds. The highest BCUT2D eigenvalue weighted by molar-refractivity contribution is 5.92. The molecular formula is C16H20N3O4+. The zero-order chi connectivity index (χ0) is 17.0. The summed E-state index contributed by atoms with van der Waals surface area (Å²) in [6, 6.07) is 8.19. The molecule has 0 aliphatic heterocycles. The summed E-state index contributed by atoms with van der Waals surface area (Å²) in [5, 5.41) is 13.5. The van der Waals surface area contributed by atoms with Gasteiger partial charge >= 0.3 is 0 Å². The van der Waals surface area contributed by atoms with E-state index in [2.05, 4.69) is 5.32 Å². The number of non-ortho nitro benzene ring substituents is 1. The van der Waals surface area contributed by atoms with Crippen molar-refractivity contribution in [3.05, 3.63) is 57.5 Å². The maximum Gasteiger partial charge on any atom is 0.279 e. The molecule has 7 heteroatoms. The summed E-state index contributed by atoms with van der Waals surface area (Å²) in [5.74, 6) is 1.46. The zero-order valence-corrected chi connectivity index (χ0v) is 13.4. The fourth-order valence-corrected chi connectivity index (χ4v) is 2.27. The number of carbonyl (C=O) groups is 1. The van der Waals surface area contributed by atoms with E-state index in [1.165, 1.54) is 12.1 Å². The maximum atomic E-state index is 12.1. The number of amides is 1. The molecule has 0 saturated heterocycles. The van der Waals surface area contributed by atoms with Crippen molar-refractivity contribution in [2.75, 3.05) is 18.9 Å². The molecule has 0 bridgehead atoms. The molecule has 0 aliphatic rings. The van der Waals surface area contributed by atoms with E-state index in [9.17, 15) is 14.9 Å². The van der Waals surface area contributed by atoms with Gasteiger partial charge in [0.1, 0.15) is 12.3 Å². The second-order valence-corrected chi connectivity index (χ2v) is 5.63. The van der Waals surface area contributed by atoms with Gasteiger partial charge in [-0.3, -0.25) is 14.9 Å². The lowest BCUT2D eigenvalue weighted by Crippen LogP contribution is -3.08. The summed E-state index contributed by atoms with van der Waals surface area (Å²) in [4.78, 5) is 23.4. The average Bonchev–Trinajstić information content (AvgIpc) is 2.85. The molecule has 1 atom stereocenters. The van der Waals surface area contributed by atoms with Crippen molar-refractivity contribution >= 4 is 17.3 Å². The largest absolute Gasteiger partial charge is 0.460 e. The van der Waals surface area contributed by atoms with Gasteiger partial charge < -0.3 is 14.6 Å². The zero-order valence-electron chi connectivity index (χ0n) is 13.4. The number of nitro groups is 1. The van der Waals surface area contributed by atoms with Gasteiger partial charge in [0.05, 0.1) is 17.7 Å². The van der Waals surface area contributed by atoms with Crippen LogP contribution in [0.3, 0.4) is 0 Å². The van der Waals surface area contributed by atoms with Crippen molar-refractivity contribution < 1.29 is 19.0 Å². The molecule has 1 unspecified atom stereocenters. The number of nitrogens with zero attached hydrogens (tertiary/aromatic N) is 1. The highest BCUT2D eigenvalue weighted by Crippen LogP contribution is 2.21. The van der Waals surface area contributed by atoms with E-state index in [1.54, 1.807) is 13.0 Å². The number of quaternary nitrogens is 1. The third-order valence-corrected chi connectivity index (χ3v) is 3.44. The molecule has 0 spiro atoms. The van der Waals surface area contributed by atoms with E-state index in [0.717, 1.165) is 22.0 Å². The molecule has 1 heterocycles. The lowest BCUT2D eigenvalue weighted by Gasteiger charge is -2.13. The number of furan rings is 1. The summed E-state index contributed by atoms with van der Waals surface area (Å²) >= 11 is 0. The van der Waals surface area contributed by atoms with Gasteiger partial charge in [0.25, 0.3) is 11.6 Å². The Balaban J connectivity index is 1.96. The van der Waals surface area contributed by atoms with Crippen molar-refractivity contribution in [2.24, 2.45) is 0 Å². The van der Waals surface area contributed by atoms with Gasteiger partial charge in [-0.05, 0) is 31.5 Å². The van der Waals surface area contributed by atoms with Crippen LogP contribution in [0.2, 0.25) is 0 Å². The van der Waals surface area contributed by atoms with Crippen LogP contribution in [0.25, 0.3) is 0 Å². The Kier molecular flexibility index (Phi) is 5.13. The van der Waals surface area contributed by atoms with Crippen molar-refractivity contribution in [1.82, 2.24) is 0 Å². The first-order valence-electron chi connectivity index (χ1n) is 7.26. The molecule has 2 rings (SSSR count). The number of anilines is 1. The van der Waals surface area contributed by atoms with Crippen molar-refractivity contribution in [1.29, 1.82) is 0 Å². The Labute approximate surface area is 134 Å². The number of hydrogen-bond acceptors (Lipinski definition) is 4. The number of hydrogen-bond donors (Lipinski definition) is 2. The lowest BCUT2D eigenvalue weighted by molar-refractivity contribution is -0.886. The minimum Gasteiger partial charge on any atom is -0.460 e. The third-order valence-electron chi connectivity index (χ3n) is 3.44. The number of carbonyl (C=O) groups excluding carboxylic acids is 1. The number of rotatable bonds is 6. The fraction of sp³-hybridized carbons (Fsp3) is 0.312. The first-order chi connectivity index (χ1) is 10.8. The molecule has 2 aromatic rings. The van der Waals surface area contributed by atoms with Crippen LogP contribution in [0.4, 0.5) is 11.4 Å². The van der Waals surface area contributed by atoms with Crippen LogP contribution in [0.15, 0.2) is 34.7 Å². The number of aryl methyl sites for hydroxylation is 2. The summed E-state index contributed by atoms with van der Waals surface area (Å²) in [6.45, 7) is 4.50. The van der Waals surface area contributed by atoms with E-state index >= 15 is 0 Å². The Morgan fingerprint density at radius 2 is 2.04 bits per heavy atom. The standard InChI is InChI=1S/C16H19N3O4/c1-11-4-6-13(19(21)22)8-15(11)17-16(20)10-18(3)9-14-7-5-12(2)23-14/h4-8H,9-10H2,1-3H3,(H,17,20)/p+1. The van der Waals surface area contributed by atoms with Crippen LogP contribution >= 0.6 is 0 Å². The number of benzene rings is 1. The van der Waals surface area contributed by atoms with Gasteiger partial charge in [0.2, 0.25) is 0 Å². The fourth-order valence-electron chi connectivity index (χ4n) is 2.27. The molecular weight excluding hydrogens is 298 g/mol. The number of nitrogens with one attached hydrogen (secondary N) is 2. The van der Waals surface area contributed by atoms with Gasteiger partial charge in [-0.25, -0.2) is 0 Å². The maximum absolute atomic E-state index is 12.1. The summed E-state index contributed by atoms with van der Waals surface area (Å²) in [6.07, 6.45) is 0. The van der Waals surface area contributed by atoms with Gasteiger partial charge in [0, 0.05) is 12.1 Å². The quantitative estimate of drug-likeness (QED) is 0.623. The molecule has 23 heavy (non-hydrogen) atoms. The van der Waals surface area contributed by atoms with E-state index in [-0.39, 0.29) is 18.1 Å². The van der Waals surface area contributed by atoms with E-state index < -0.39 is 4.92 Å². The highest BCUT2D eigenvalue weighted by atomic mass is 16.6. The Bertz CT molecular complexity index is 724. The summed E-state index contributed by atoms with van der Waals surface area (Å²) in [7, 11) is 1.89. The van der Waals surface area contributed by atoms with Crippen molar-refractivity contribution in [3.8, 4) is 0 Å². The SMILES string of the molecule is Cc1ccc(C[NH+](C)CC(=O)Nc2cc([N+](=O)[O-])ccc2C)o1. The molecule has 2 N–H and O–H groups in total. The third kappa shape index (κ3) is 4.65. The minimum absolute atomic E-state index is 0.0438. The average molecular weight is 318 g/mol. The van der Waals surface area contributed by atoms with Crippen LogP contribution in [0.5, 0.6) is 0 Å². The highest BCUT2D eigenvalue weighted by Gasteiger charge is 2.15. The molecule has 0 radical (unpaired) electrons. The van der Waals surface area contributed by atoms with Gasteiger partial charge in [0.15, 0.2) is 12.3 Å².